The van der Waals surface area contributed by atoms with Gasteiger partial charge in [0.05, 0.1) is 16.0 Å². The number of alkyl halides is 1. The standard InChI is InChI=1S/C13H12BrN3OS3/c1-8(14)6-19-12-17-16-11(18-12)7-20-13-15-9-4-2-3-5-10(9)21-13/h2-5,8H,6-7H2,1H3. The number of hydrogen-bond acceptors (Lipinski definition) is 7. The second kappa shape index (κ2) is 7.13. The molecule has 2 aromatic heterocycles. The Labute approximate surface area is 143 Å². The van der Waals surface area contributed by atoms with Crippen molar-refractivity contribution < 1.29 is 4.42 Å². The molecule has 0 saturated heterocycles. The fourth-order valence-electron chi connectivity index (χ4n) is 1.58. The first-order chi connectivity index (χ1) is 10.2. The molecule has 0 aliphatic carbocycles. The van der Waals surface area contributed by atoms with Crippen molar-refractivity contribution in [3.8, 4) is 0 Å². The molecule has 0 saturated carbocycles. The van der Waals surface area contributed by atoms with Gasteiger partial charge in [-0.25, -0.2) is 4.98 Å². The van der Waals surface area contributed by atoms with E-state index in [-0.39, 0.29) is 0 Å². The predicted octanol–water partition coefficient (Wildman–Crippen LogP) is 4.85. The highest BCUT2D eigenvalue weighted by Gasteiger charge is 2.10. The summed E-state index contributed by atoms with van der Waals surface area (Å²) in [5, 5.41) is 8.73. The van der Waals surface area contributed by atoms with Crippen LogP contribution in [0.2, 0.25) is 0 Å². The number of halogens is 1. The van der Waals surface area contributed by atoms with Crippen LogP contribution in [-0.4, -0.2) is 25.8 Å². The summed E-state index contributed by atoms with van der Waals surface area (Å²) >= 11 is 8.38. The Morgan fingerprint density at radius 1 is 1.29 bits per heavy atom. The van der Waals surface area contributed by atoms with Gasteiger partial charge in [0.15, 0.2) is 4.34 Å². The molecule has 1 unspecified atom stereocenters. The van der Waals surface area contributed by atoms with Crippen LogP contribution in [0.4, 0.5) is 0 Å². The molecule has 4 nitrogen and oxygen atoms in total. The number of para-hydroxylation sites is 1. The molecule has 3 rings (SSSR count). The fourth-order valence-corrected chi connectivity index (χ4v) is 4.50. The van der Waals surface area contributed by atoms with E-state index in [9.17, 15) is 0 Å². The fraction of sp³-hybridized carbons (Fsp3) is 0.308. The van der Waals surface area contributed by atoms with Crippen molar-refractivity contribution in [3.05, 3.63) is 30.2 Å². The summed E-state index contributed by atoms with van der Waals surface area (Å²) in [6, 6.07) is 8.14. The SMILES string of the molecule is CC(Br)CSc1nnc(CSc2nc3ccccc3s2)o1. The van der Waals surface area contributed by atoms with E-state index >= 15 is 0 Å². The molecular weight excluding hydrogens is 390 g/mol. The maximum absolute atomic E-state index is 5.61. The van der Waals surface area contributed by atoms with E-state index in [1.807, 2.05) is 18.2 Å². The molecule has 1 aromatic carbocycles. The molecule has 0 N–H and O–H groups in total. The van der Waals surface area contributed by atoms with Crippen molar-refractivity contribution in [2.75, 3.05) is 5.75 Å². The maximum Gasteiger partial charge on any atom is 0.276 e. The highest BCUT2D eigenvalue weighted by molar-refractivity contribution is 9.09. The quantitative estimate of drug-likeness (QED) is 0.434. The zero-order chi connectivity index (χ0) is 14.7. The van der Waals surface area contributed by atoms with Gasteiger partial charge in [-0.2, -0.15) is 0 Å². The molecule has 0 aliphatic rings. The topological polar surface area (TPSA) is 51.8 Å². The van der Waals surface area contributed by atoms with Crippen LogP contribution in [0.25, 0.3) is 10.2 Å². The summed E-state index contributed by atoms with van der Waals surface area (Å²) in [4.78, 5) is 5.00. The molecule has 0 radical (unpaired) electrons. The van der Waals surface area contributed by atoms with E-state index in [2.05, 4.69) is 44.1 Å². The van der Waals surface area contributed by atoms with Gasteiger partial charge in [-0.1, -0.05) is 58.5 Å². The summed E-state index contributed by atoms with van der Waals surface area (Å²) in [5.41, 5.74) is 1.04. The zero-order valence-electron chi connectivity index (χ0n) is 11.2. The van der Waals surface area contributed by atoms with Crippen LogP contribution in [-0.2, 0) is 5.75 Å². The monoisotopic (exact) mass is 401 g/mol. The van der Waals surface area contributed by atoms with Gasteiger partial charge in [0.1, 0.15) is 0 Å². The van der Waals surface area contributed by atoms with Crippen molar-refractivity contribution in [2.24, 2.45) is 0 Å². The van der Waals surface area contributed by atoms with Gasteiger partial charge in [0.25, 0.3) is 5.22 Å². The number of benzene rings is 1. The molecule has 8 heteroatoms. The minimum absolute atomic E-state index is 0.426. The zero-order valence-corrected chi connectivity index (χ0v) is 15.2. The number of hydrogen-bond donors (Lipinski definition) is 0. The van der Waals surface area contributed by atoms with Crippen LogP contribution >= 0.6 is 50.8 Å². The average molecular weight is 402 g/mol. The first-order valence-electron chi connectivity index (χ1n) is 6.28. The lowest BCUT2D eigenvalue weighted by Crippen LogP contribution is -1.92. The van der Waals surface area contributed by atoms with Gasteiger partial charge in [-0.15, -0.1) is 21.5 Å². The minimum atomic E-state index is 0.426. The van der Waals surface area contributed by atoms with Gasteiger partial charge in [-0.3, -0.25) is 0 Å². The Balaban J connectivity index is 1.59. The number of thioether (sulfide) groups is 2. The predicted molar refractivity (Wildman–Crippen MR) is 92.6 cm³/mol. The average Bonchev–Trinajstić information content (AvgIpc) is 3.09. The smallest absolute Gasteiger partial charge is 0.276 e. The van der Waals surface area contributed by atoms with Crippen molar-refractivity contribution in [2.45, 2.75) is 27.1 Å². The normalized spacial score (nSPS) is 12.9. The Morgan fingerprint density at radius 2 is 2.14 bits per heavy atom. The van der Waals surface area contributed by atoms with E-state index in [0.717, 1.165) is 15.6 Å². The first kappa shape index (κ1) is 15.3. The second-order valence-corrected chi connectivity index (χ2v) is 9.08. The Kier molecular flexibility index (Phi) is 5.20. The Hall–Kier alpha value is -0.570. The lowest BCUT2D eigenvalue weighted by atomic mass is 10.3. The molecule has 0 fully saturated rings. The number of rotatable bonds is 6. The van der Waals surface area contributed by atoms with Crippen LogP contribution in [0.1, 0.15) is 12.8 Å². The Morgan fingerprint density at radius 3 is 2.95 bits per heavy atom. The van der Waals surface area contributed by atoms with E-state index in [1.54, 1.807) is 34.9 Å². The number of aromatic nitrogens is 3. The first-order valence-corrected chi connectivity index (χ1v) is 9.98. The van der Waals surface area contributed by atoms with E-state index in [0.29, 0.717) is 21.7 Å². The maximum atomic E-state index is 5.61. The highest BCUT2D eigenvalue weighted by atomic mass is 79.9. The minimum Gasteiger partial charge on any atom is -0.415 e. The van der Waals surface area contributed by atoms with Crippen LogP contribution in [0.3, 0.4) is 0 Å². The molecule has 0 bridgehead atoms. The molecule has 1 atom stereocenters. The third kappa shape index (κ3) is 4.21. The molecule has 2 heterocycles. The molecule has 0 aliphatic heterocycles. The highest BCUT2D eigenvalue weighted by Crippen LogP contribution is 2.31. The van der Waals surface area contributed by atoms with Gasteiger partial charge in [0.2, 0.25) is 5.89 Å². The second-order valence-electron chi connectivity index (χ2n) is 4.29. The van der Waals surface area contributed by atoms with Crippen molar-refractivity contribution in [3.63, 3.8) is 0 Å². The summed E-state index contributed by atoms with van der Waals surface area (Å²) in [6.07, 6.45) is 0. The van der Waals surface area contributed by atoms with Crippen LogP contribution in [0.5, 0.6) is 0 Å². The van der Waals surface area contributed by atoms with E-state index in [4.69, 9.17) is 4.42 Å². The molecule has 3 aromatic rings. The van der Waals surface area contributed by atoms with Crippen LogP contribution in [0, 0.1) is 0 Å². The summed E-state index contributed by atoms with van der Waals surface area (Å²) < 4.78 is 7.83. The van der Waals surface area contributed by atoms with Crippen molar-refractivity contribution in [1.82, 2.24) is 15.2 Å². The third-order valence-corrected chi connectivity index (χ3v) is 6.47. The number of thiazole rings is 1. The van der Waals surface area contributed by atoms with Gasteiger partial charge in [-0.05, 0) is 12.1 Å². The van der Waals surface area contributed by atoms with E-state index in [1.165, 1.54) is 4.70 Å². The molecule has 21 heavy (non-hydrogen) atoms. The summed E-state index contributed by atoms with van der Waals surface area (Å²) in [5.74, 6) is 2.20. The number of fused-ring (bicyclic) bond motifs is 1. The largest absolute Gasteiger partial charge is 0.415 e. The summed E-state index contributed by atoms with van der Waals surface area (Å²) in [7, 11) is 0. The molecular formula is C13H12BrN3OS3. The molecule has 0 spiro atoms. The van der Waals surface area contributed by atoms with E-state index < -0.39 is 0 Å². The molecule has 0 amide bonds. The lowest BCUT2D eigenvalue weighted by Gasteiger charge is -1.97. The lowest BCUT2D eigenvalue weighted by molar-refractivity contribution is 0.426. The Bertz CT molecular complexity index is 695. The summed E-state index contributed by atoms with van der Waals surface area (Å²) in [6.45, 7) is 2.09. The molecule has 110 valence electrons. The van der Waals surface area contributed by atoms with Gasteiger partial charge in [0, 0.05) is 10.6 Å². The van der Waals surface area contributed by atoms with Gasteiger partial charge < -0.3 is 4.42 Å². The van der Waals surface area contributed by atoms with Crippen LogP contribution in [0.15, 0.2) is 38.2 Å². The van der Waals surface area contributed by atoms with Crippen molar-refractivity contribution in [1.29, 1.82) is 0 Å². The third-order valence-electron chi connectivity index (χ3n) is 2.48. The van der Waals surface area contributed by atoms with Crippen LogP contribution < -0.4 is 0 Å². The number of nitrogens with zero attached hydrogens (tertiary/aromatic N) is 3. The van der Waals surface area contributed by atoms with Crippen molar-refractivity contribution >= 4 is 61.0 Å². The van der Waals surface area contributed by atoms with Gasteiger partial charge >= 0.3 is 0 Å².